The van der Waals surface area contributed by atoms with Gasteiger partial charge < -0.3 is 4.74 Å². The minimum absolute atomic E-state index is 0.589. The molecule has 1 heteroatoms. The fourth-order valence-electron chi connectivity index (χ4n) is 4.82. The van der Waals surface area contributed by atoms with Gasteiger partial charge in [-0.25, -0.2) is 0 Å². The van der Waals surface area contributed by atoms with Crippen LogP contribution in [0.2, 0.25) is 0 Å². The summed E-state index contributed by atoms with van der Waals surface area (Å²) < 4.78 is 5.95. The van der Waals surface area contributed by atoms with Crippen molar-refractivity contribution in [2.24, 2.45) is 17.8 Å². The zero-order valence-corrected chi connectivity index (χ0v) is 15.3. The van der Waals surface area contributed by atoms with Crippen LogP contribution in [-0.2, 0) is 4.74 Å². The average Bonchev–Trinajstić information content (AvgIpc) is 2.58. The lowest BCUT2D eigenvalue weighted by Gasteiger charge is -2.37. The lowest BCUT2D eigenvalue weighted by molar-refractivity contribution is 0.00726. The van der Waals surface area contributed by atoms with Crippen LogP contribution in [0, 0.1) is 17.8 Å². The van der Waals surface area contributed by atoms with E-state index in [1.165, 1.54) is 89.9 Å². The van der Waals surface area contributed by atoms with E-state index in [1.807, 2.05) is 0 Å². The van der Waals surface area contributed by atoms with Crippen LogP contribution < -0.4 is 0 Å². The van der Waals surface area contributed by atoms with Crippen LogP contribution in [0.4, 0.5) is 0 Å². The average molecular weight is 309 g/mol. The molecule has 2 fully saturated rings. The highest BCUT2D eigenvalue weighted by atomic mass is 16.5. The van der Waals surface area contributed by atoms with Crippen molar-refractivity contribution in [3.63, 3.8) is 0 Å². The molecule has 2 rings (SSSR count). The minimum Gasteiger partial charge on any atom is -0.378 e. The number of hydrogen-bond donors (Lipinski definition) is 0. The summed E-state index contributed by atoms with van der Waals surface area (Å²) in [6, 6.07) is 0. The maximum atomic E-state index is 5.95. The standard InChI is InChI=1S/C21H40O/c1-3-5-6-7-8-18-9-11-19(12-10-18)20-13-15-21(16-14-20)22-17-4-2/h18-21H,3-17H2,1-2H3. The van der Waals surface area contributed by atoms with E-state index in [2.05, 4.69) is 13.8 Å². The first-order chi connectivity index (χ1) is 10.8. The Kier molecular flexibility index (Phi) is 8.89. The van der Waals surface area contributed by atoms with Gasteiger partial charge >= 0.3 is 0 Å². The smallest absolute Gasteiger partial charge is 0.0575 e. The van der Waals surface area contributed by atoms with Gasteiger partial charge in [-0.1, -0.05) is 58.8 Å². The van der Waals surface area contributed by atoms with Crippen LogP contribution >= 0.6 is 0 Å². The summed E-state index contributed by atoms with van der Waals surface area (Å²) in [4.78, 5) is 0. The first-order valence-corrected chi connectivity index (χ1v) is 10.4. The van der Waals surface area contributed by atoms with Gasteiger partial charge in [0.05, 0.1) is 6.10 Å². The van der Waals surface area contributed by atoms with E-state index in [1.54, 1.807) is 0 Å². The summed E-state index contributed by atoms with van der Waals surface area (Å²) in [5.74, 6) is 3.15. The third-order valence-electron chi connectivity index (χ3n) is 6.30. The fraction of sp³-hybridized carbons (Fsp3) is 1.00. The van der Waals surface area contributed by atoms with Gasteiger partial charge in [0.15, 0.2) is 0 Å². The van der Waals surface area contributed by atoms with Crippen molar-refractivity contribution >= 4 is 0 Å². The quantitative estimate of drug-likeness (QED) is 0.428. The van der Waals surface area contributed by atoms with Crippen molar-refractivity contribution in [1.82, 2.24) is 0 Å². The second-order valence-corrected chi connectivity index (χ2v) is 8.04. The molecule has 0 spiro atoms. The molecular formula is C21H40O. The van der Waals surface area contributed by atoms with Gasteiger partial charge in [0.1, 0.15) is 0 Å². The van der Waals surface area contributed by atoms with Crippen LogP contribution in [0.3, 0.4) is 0 Å². The molecule has 2 aliphatic rings. The van der Waals surface area contributed by atoms with E-state index in [0.29, 0.717) is 6.10 Å². The summed E-state index contributed by atoms with van der Waals surface area (Å²) in [6.07, 6.45) is 20.7. The van der Waals surface area contributed by atoms with Crippen molar-refractivity contribution in [1.29, 1.82) is 0 Å². The Balaban J connectivity index is 1.57. The Morgan fingerprint density at radius 1 is 0.682 bits per heavy atom. The molecule has 0 aliphatic heterocycles. The molecule has 0 unspecified atom stereocenters. The Bertz CT molecular complexity index is 259. The van der Waals surface area contributed by atoms with Gasteiger partial charge in [-0.2, -0.15) is 0 Å². The third-order valence-corrected chi connectivity index (χ3v) is 6.30. The molecule has 0 atom stereocenters. The van der Waals surface area contributed by atoms with E-state index >= 15 is 0 Å². The van der Waals surface area contributed by atoms with Crippen LogP contribution in [0.25, 0.3) is 0 Å². The first-order valence-electron chi connectivity index (χ1n) is 10.4. The van der Waals surface area contributed by atoms with E-state index < -0.39 is 0 Å². The molecule has 2 saturated carbocycles. The molecular weight excluding hydrogens is 268 g/mol. The second-order valence-electron chi connectivity index (χ2n) is 8.04. The number of hydrogen-bond acceptors (Lipinski definition) is 1. The third kappa shape index (κ3) is 6.22. The van der Waals surface area contributed by atoms with Crippen LogP contribution in [0.5, 0.6) is 0 Å². The summed E-state index contributed by atoms with van der Waals surface area (Å²) in [7, 11) is 0. The highest BCUT2D eigenvalue weighted by Gasteiger charge is 2.30. The molecule has 0 bridgehead atoms. The Hall–Kier alpha value is -0.0400. The van der Waals surface area contributed by atoms with Gasteiger partial charge in [-0.15, -0.1) is 0 Å². The largest absolute Gasteiger partial charge is 0.378 e. The Morgan fingerprint density at radius 2 is 1.32 bits per heavy atom. The molecule has 130 valence electrons. The summed E-state index contributed by atoms with van der Waals surface area (Å²) in [5, 5.41) is 0. The van der Waals surface area contributed by atoms with Gasteiger partial charge in [0.2, 0.25) is 0 Å². The minimum atomic E-state index is 0.589. The number of ether oxygens (including phenoxy) is 1. The summed E-state index contributed by atoms with van der Waals surface area (Å²) in [5.41, 5.74) is 0. The zero-order chi connectivity index (χ0) is 15.6. The SMILES string of the molecule is CCCCCCC1CCC(C2CCC(OCCC)CC2)CC1. The van der Waals surface area contributed by atoms with Crippen LogP contribution in [0.15, 0.2) is 0 Å². The Morgan fingerprint density at radius 3 is 1.91 bits per heavy atom. The van der Waals surface area contributed by atoms with Crippen molar-refractivity contribution in [3.05, 3.63) is 0 Å². The molecule has 0 N–H and O–H groups in total. The molecule has 0 saturated heterocycles. The van der Waals surface area contributed by atoms with Crippen LogP contribution in [0.1, 0.15) is 104 Å². The predicted octanol–water partition coefficient (Wildman–Crippen LogP) is 6.75. The molecule has 0 amide bonds. The van der Waals surface area contributed by atoms with E-state index in [-0.39, 0.29) is 0 Å². The predicted molar refractivity (Wildman–Crippen MR) is 96.2 cm³/mol. The lowest BCUT2D eigenvalue weighted by Crippen LogP contribution is -2.28. The maximum absolute atomic E-state index is 5.95. The summed E-state index contributed by atoms with van der Waals surface area (Å²) in [6.45, 7) is 5.50. The maximum Gasteiger partial charge on any atom is 0.0575 e. The van der Waals surface area contributed by atoms with E-state index in [0.717, 1.165) is 24.4 Å². The van der Waals surface area contributed by atoms with Gasteiger partial charge in [0.25, 0.3) is 0 Å². The van der Waals surface area contributed by atoms with Crippen molar-refractivity contribution in [3.8, 4) is 0 Å². The molecule has 0 aromatic heterocycles. The molecule has 0 heterocycles. The van der Waals surface area contributed by atoms with Crippen molar-refractivity contribution in [2.45, 2.75) is 110 Å². The molecule has 0 aromatic carbocycles. The molecule has 1 nitrogen and oxygen atoms in total. The van der Waals surface area contributed by atoms with Crippen molar-refractivity contribution < 1.29 is 4.74 Å². The highest BCUT2D eigenvalue weighted by Crippen LogP contribution is 2.41. The molecule has 0 radical (unpaired) electrons. The molecule has 0 aromatic rings. The highest BCUT2D eigenvalue weighted by molar-refractivity contribution is 4.82. The fourth-order valence-corrected chi connectivity index (χ4v) is 4.82. The van der Waals surface area contributed by atoms with E-state index in [9.17, 15) is 0 Å². The Labute approximate surface area is 139 Å². The van der Waals surface area contributed by atoms with Crippen molar-refractivity contribution in [2.75, 3.05) is 6.61 Å². The topological polar surface area (TPSA) is 9.23 Å². The monoisotopic (exact) mass is 308 g/mol. The van der Waals surface area contributed by atoms with Gasteiger partial charge in [-0.05, 0) is 62.7 Å². The first kappa shape index (κ1) is 18.3. The summed E-state index contributed by atoms with van der Waals surface area (Å²) >= 11 is 0. The molecule has 2 aliphatic carbocycles. The number of unbranched alkanes of at least 4 members (excludes halogenated alkanes) is 3. The second kappa shape index (κ2) is 10.7. The van der Waals surface area contributed by atoms with Gasteiger partial charge in [-0.3, -0.25) is 0 Å². The van der Waals surface area contributed by atoms with E-state index in [4.69, 9.17) is 4.74 Å². The van der Waals surface area contributed by atoms with Gasteiger partial charge in [0, 0.05) is 6.61 Å². The zero-order valence-electron chi connectivity index (χ0n) is 15.3. The molecule has 22 heavy (non-hydrogen) atoms. The lowest BCUT2D eigenvalue weighted by atomic mass is 9.70. The normalized spacial score (nSPS) is 33.0. The van der Waals surface area contributed by atoms with Crippen LogP contribution in [-0.4, -0.2) is 12.7 Å². The number of rotatable bonds is 9.